The maximum atomic E-state index is 11.0. The van der Waals surface area contributed by atoms with Gasteiger partial charge in [0.25, 0.3) is 10.1 Å². The average Bonchev–Trinajstić information content (AvgIpc) is 2.38. The summed E-state index contributed by atoms with van der Waals surface area (Å²) in [6.45, 7) is 12.7. The highest BCUT2D eigenvalue weighted by molar-refractivity contribution is 7.86. The van der Waals surface area contributed by atoms with E-state index in [0.29, 0.717) is 12.8 Å². The number of rotatable bonds is 10. The largest absolute Gasteiger partial charge is 0.326 e. The first-order valence-corrected chi connectivity index (χ1v) is 9.24. The van der Waals surface area contributed by atoms with E-state index in [1.54, 1.807) is 0 Å². The Hall–Kier alpha value is -0.200. The van der Waals surface area contributed by atoms with Gasteiger partial charge in [-0.15, -0.1) is 0 Å². The monoisotopic (exact) mass is 314 g/mol. The molecule has 0 amide bonds. The van der Waals surface area contributed by atoms with Crippen molar-refractivity contribution in [3.05, 3.63) is 0 Å². The normalized spacial score (nSPS) is 11.9. The zero-order chi connectivity index (χ0) is 16.1. The van der Waals surface area contributed by atoms with E-state index >= 15 is 0 Å². The Morgan fingerprint density at radius 3 is 1.55 bits per heavy atom. The van der Waals surface area contributed by atoms with E-state index in [9.17, 15) is 12.9 Å². The summed E-state index contributed by atoms with van der Waals surface area (Å²) in [5.74, 6) is -0.236. The first-order chi connectivity index (χ1) is 9.30. The van der Waals surface area contributed by atoms with Crippen molar-refractivity contribution in [1.29, 1.82) is 0 Å². The van der Waals surface area contributed by atoms with Crippen LogP contribution in [0, 0.1) is 0 Å². The molecule has 0 aromatic carbocycles. The fraction of sp³-hybridized carbons (Fsp3) is 1.00. The third-order valence-corrected chi connectivity index (χ3v) is 4.11. The molecule has 20 heavy (non-hydrogen) atoms. The van der Waals surface area contributed by atoms with E-state index < -0.39 is 10.1 Å². The maximum absolute atomic E-state index is 11.0. The summed E-state index contributed by atoms with van der Waals surface area (Å²) in [4.78, 5) is 0. The van der Waals surface area contributed by atoms with Crippen LogP contribution in [0.25, 0.3) is 0 Å². The molecule has 0 aliphatic heterocycles. The average molecular weight is 314 g/mol. The van der Waals surface area contributed by atoms with Gasteiger partial charge in [-0.1, -0.05) is 38.5 Å². The third-order valence-electron chi connectivity index (χ3n) is 3.13. The second-order valence-electron chi connectivity index (χ2n) is 5.47. The van der Waals surface area contributed by atoms with E-state index in [1.165, 1.54) is 43.4 Å². The van der Waals surface area contributed by atoms with Crippen LogP contribution in [-0.2, 0) is 14.5 Å². The van der Waals surface area contributed by atoms with Crippen LogP contribution in [0.4, 0.5) is 4.53 Å². The van der Waals surface area contributed by atoms with Crippen LogP contribution < -0.4 is 0 Å². The quantitative estimate of drug-likeness (QED) is 0.578. The summed E-state index contributed by atoms with van der Waals surface area (Å²) < 4.78 is 35.3. The maximum Gasteiger partial charge on any atom is 0.297 e. The van der Waals surface area contributed by atoms with Gasteiger partial charge in [0.2, 0.25) is 0 Å². The van der Waals surface area contributed by atoms with Crippen LogP contribution in [0.3, 0.4) is 0 Å². The van der Waals surface area contributed by atoms with Gasteiger partial charge in [-0.3, -0.25) is 0 Å². The second kappa shape index (κ2) is 12.5. The van der Waals surface area contributed by atoms with Crippen molar-refractivity contribution in [2.75, 3.05) is 32.4 Å². The lowest BCUT2D eigenvalue weighted by Gasteiger charge is -2.33. The Balaban J connectivity index is 0. The number of hydrogen-bond donors (Lipinski definition) is 0. The van der Waals surface area contributed by atoms with Crippen molar-refractivity contribution in [1.82, 2.24) is 0 Å². The van der Waals surface area contributed by atoms with Crippen molar-refractivity contribution in [2.45, 2.75) is 59.8 Å². The lowest BCUT2D eigenvalue weighted by atomic mass is 10.2. The summed E-state index contributed by atoms with van der Waals surface area (Å²) in [5, 5.41) is 0. The second-order valence-corrected chi connectivity index (χ2v) is 7.12. The van der Waals surface area contributed by atoms with E-state index in [4.69, 9.17) is 0 Å². The standard InChI is InChI=1S/C10H24N.C4H9FO3S/c1-5-8-11(4,9-6-2)10-7-3;1-2-3-4-9(6,7)8-5/h5-10H2,1-4H3;2-4H2,1H3/q+1;. The van der Waals surface area contributed by atoms with E-state index in [1.807, 2.05) is 6.92 Å². The molecule has 0 aliphatic carbocycles. The molecule has 4 nitrogen and oxygen atoms in total. The van der Waals surface area contributed by atoms with Crippen molar-refractivity contribution >= 4 is 10.1 Å². The molecule has 0 saturated carbocycles. The third kappa shape index (κ3) is 12.8. The van der Waals surface area contributed by atoms with Gasteiger partial charge in [-0.05, 0) is 30.2 Å². The molecule has 0 rings (SSSR count). The molecule has 0 unspecified atom stereocenters. The molecule has 6 heteroatoms. The van der Waals surface area contributed by atoms with Crippen LogP contribution in [0.15, 0.2) is 0 Å². The Morgan fingerprint density at radius 2 is 1.30 bits per heavy atom. The molecule has 0 atom stereocenters. The van der Waals surface area contributed by atoms with Gasteiger partial charge in [-0.2, -0.15) is 8.42 Å². The summed E-state index contributed by atoms with van der Waals surface area (Å²) in [7, 11) is -1.46. The molecule has 0 aromatic rings. The fourth-order valence-corrected chi connectivity index (χ4v) is 3.01. The number of halogens is 1. The first-order valence-electron chi connectivity index (χ1n) is 7.67. The molecular formula is C14H33FNO3S+. The molecule has 0 saturated heterocycles. The molecule has 0 heterocycles. The molecule has 0 aliphatic rings. The molecule has 124 valence electrons. The molecule has 0 N–H and O–H groups in total. The molecular weight excluding hydrogens is 281 g/mol. The van der Waals surface area contributed by atoms with Gasteiger partial charge in [0, 0.05) is 0 Å². The highest BCUT2D eigenvalue weighted by atomic mass is 32.2. The molecule has 0 spiro atoms. The van der Waals surface area contributed by atoms with Gasteiger partial charge in [0.05, 0.1) is 32.4 Å². The van der Waals surface area contributed by atoms with Gasteiger partial charge >= 0.3 is 0 Å². The summed E-state index contributed by atoms with van der Waals surface area (Å²) >= 11 is 0. The predicted octanol–water partition coefficient (Wildman–Crippen LogP) is 3.68. The summed E-state index contributed by atoms with van der Waals surface area (Å²) in [6.07, 6.45) is 5.10. The molecule has 0 fully saturated rings. The van der Waals surface area contributed by atoms with Gasteiger partial charge in [0.1, 0.15) is 0 Å². The Labute approximate surface area is 124 Å². The van der Waals surface area contributed by atoms with E-state index in [0.717, 1.165) is 0 Å². The van der Waals surface area contributed by atoms with Gasteiger partial charge in [0.15, 0.2) is 0 Å². The number of unbranched alkanes of at least 4 members (excludes halogenated alkanes) is 1. The predicted molar refractivity (Wildman–Crippen MR) is 82.5 cm³/mol. The van der Waals surface area contributed by atoms with Crippen molar-refractivity contribution in [3.8, 4) is 0 Å². The van der Waals surface area contributed by atoms with Gasteiger partial charge in [-0.25, -0.2) is 0 Å². The minimum atomic E-state index is -3.85. The lowest BCUT2D eigenvalue weighted by Crippen LogP contribution is -2.45. The Bertz CT molecular complexity index is 291. The molecule has 0 bridgehead atoms. The Morgan fingerprint density at radius 1 is 0.900 bits per heavy atom. The molecule has 0 aromatic heterocycles. The Kier molecular flexibility index (Phi) is 13.8. The van der Waals surface area contributed by atoms with Gasteiger partial charge < -0.3 is 4.48 Å². The van der Waals surface area contributed by atoms with Crippen LogP contribution >= 0.6 is 0 Å². The van der Waals surface area contributed by atoms with E-state index in [2.05, 4.69) is 32.2 Å². The van der Waals surface area contributed by atoms with E-state index in [-0.39, 0.29) is 5.75 Å². The SMILES string of the molecule is CCCCS(=O)(=O)OF.CCC[N+](C)(CCC)CCC. The smallest absolute Gasteiger partial charge is 0.297 e. The molecule has 0 radical (unpaired) electrons. The zero-order valence-electron chi connectivity index (χ0n) is 13.8. The van der Waals surface area contributed by atoms with Crippen molar-refractivity contribution in [2.24, 2.45) is 0 Å². The van der Waals surface area contributed by atoms with Crippen LogP contribution in [-0.4, -0.2) is 45.3 Å². The number of nitrogens with zero attached hydrogens (tertiary/aromatic N) is 1. The van der Waals surface area contributed by atoms with Crippen LogP contribution in [0.2, 0.25) is 0 Å². The lowest BCUT2D eigenvalue weighted by molar-refractivity contribution is -0.909. The summed E-state index contributed by atoms with van der Waals surface area (Å²) in [5.41, 5.74) is 0. The highest BCUT2D eigenvalue weighted by Crippen LogP contribution is 2.06. The van der Waals surface area contributed by atoms with Crippen molar-refractivity contribution in [3.63, 3.8) is 0 Å². The number of quaternary nitrogens is 1. The highest BCUT2D eigenvalue weighted by Gasteiger charge is 2.16. The number of hydrogen-bond acceptors (Lipinski definition) is 3. The van der Waals surface area contributed by atoms with Crippen LogP contribution in [0.5, 0.6) is 0 Å². The minimum absolute atomic E-state index is 0.236. The van der Waals surface area contributed by atoms with Crippen molar-refractivity contribution < 1.29 is 21.8 Å². The topological polar surface area (TPSA) is 43.4 Å². The fourth-order valence-electron chi connectivity index (χ4n) is 2.31. The zero-order valence-corrected chi connectivity index (χ0v) is 14.6. The van der Waals surface area contributed by atoms with Crippen LogP contribution in [0.1, 0.15) is 59.8 Å². The minimum Gasteiger partial charge on any atom is -0.326 e. The summed E-state index contributed by atoms with van der Waals surface area (Å²) in [6, 6.07) is 0. The first kappa shape index (κ1) is 22.1.